The van der Waals surface area contributed by atoms with Crippen LogP contribution in [0.15, 0.2) is 0 Å². The van der Waals surface area contributed by atoms with Gasteiger partial charge in [0.1, 0.15) is 6.61 Å². The van der Waals surface area contributed by atoms with E-state index in [1.165, 1.54) is 0 Å². The smallest absolute Gasteiger partial charge is 0.351 e. The molecule has 0 spiro atoms. The molecular formula is C9H10Cl4O6. The van der Waals surface area contributed by atoms with Crippen molar-refractivity contribution in [3.63, 3.8) is 0 Å². The Morgan fingerprint density at radius 1 is 0.895 bits per heavy atom. The molecular weight excluding hydrogens is 346 g/mol. The van der Waals surface area contributed by atoms with Crippen molar-refractivity contribution in [1.29, 1.82) is 0 Å². The first-order chi connectivity index (χ1) is 8.79. The normalized spacial score (nSPS) is 12.2. The van der Waals surface area contributed by atoms with Gasteiger partial charge in [-0.1, -0.05) is 46.4 Å². The van der Waals surface area contributed by atoms with Crippen molar-refractivity contribution in [2.45, 2.75) is 22.7 Å². The van der Waals surface area contributed by atoms with Crippen LogP contribution in [-0.4, -0.2) is 46.9 Å². The van der Waals surface area contributed by atoms with Gasteiger partial charge in [-0.3, -0.25) is 0 Å². The molecule has 0 saturated heterocycles. The minimum absolute atomic E-state index is 0.0413. The highest BCUT2D eigenvalue weighted by Crippen LogP contribution is 2.09. The molecule has 0 fully saturated rings. The van der Waals surface area contributed by atoms with Crippen LogP contribution in [0.1, 0.15) is 6.92 Å². The Kier molecular flexibility index (Phi) is 9.26. The average Bonchev–Trinajstić information content (AvgIpc) is 2.33. The maximum Gasteiger partial charge on any atom is 0.351 e. The number of alkyl halides is 4. The van der Waals surface area contributed by atoms with Crippen molar-refractivity contribution in [3.05, 3.63) is 0 Å². The van der Waals surface area contributed by atoms with E-state index in [0.29, 0.717) is 0 Å². The summed E-state index contributed by atoms with van der Waals surface area (Å²) in [4.78, 5) is 30.7. The molecule has 19 heavy (non-hydrogen) atoms. The topological polar surface area (TPSA) is 78.9 Å². The summed E-state index contributed by atoms with van der Waals surface area (Å²) in [7, 11) is 0. The Morgan fingerprint density at radius 3 is 1.84 bits per heavy atom. The van der Waals surface area contributed by atoms with Gasteiger partial charge in [0.25, 0.3) is 0 Å². The number of hydrogen-bond acceptors (Lipinski definition) is 6. The number of halogens is 4. The molecule has 1 atom stereocenters. The molecule has 0 aliphatic heterocycles. The molecule has 0 rings (SSSR count). The number of carbonyl (C=O) groups is 3. The summed E-state index contributed by atoms with van der Waals surface area (Å²) >= 11 is 21.0. The van der Waals surface area contributed by atoms with Crippen LogP contribution in [0.4, 0.5) is 0 Å². The first-order valence-corrected chi connectivity index (χ1v) is 6.64. The highest BCUT2D eigenvalue weighted by atomic mass is 35.5. The summed E-state index contributed by atoms with van der Waals surface area (Å²) in [6.45, 7) is 0.974. The molecule has 0 aliphatic carbocycles. The molecule has 0 N–H and O–H groups in total. The summed E-state index contributed by atoms with van der Waals surface area (Å²) in [5.74, 6) is -2.99. The molecule has 0 unspecified atom stereocenters. The quantitative estimate of drug-likeness (QED) is 0.392. The van der Waals surface area contributed by atoms with E-state index in [4.69, 9.17) is 46.4 Å². The molecule has 0 bridgehead atoms. The number of ether oxygens (including phenoxy) is 3. The Labute approximate surface area is 129 Å². The van der Waals surface area contributed by atoms with Crippen LogP contribution in [0.5, 0.6) is 0 Å². The van der Waals surface area contributed by atoms with Gasteiger partial charge < -0.3 is 14.2 Å². The Morgan fingerprint density at radius 2 is 1.42 bits per heavy atom. The van der Waals surface area contributed by atoms with Gasteiger partial charge in [-0.25, -0.2) is 14.4 Å². The zero-order valence-electron chi connectivity index (χ0n) is 9.61. The van der Waals surface area contributed by atoms with Crippen molar-refractivity contribution in [3.8, 4) is 0 Å². The average molecular weight is 356 g/mol. The molecule has 0 radical (unpaired) electrons. The molecule has 0 heterocycles. The Hall–Kier alpha value is -0.430. The first kappa shape index (κ1) is 18.6. The number of hydrogen-bond donors (Lipinski definition) is 0. The lowest BCUT2D eigenvalue weighted by Crippen LogP contribution is -2.36. The Balaban J connectivity index is 4.54. The SMILES string of the molecule is CCOC(=O)[C@H](COC(=O)C(Cl)Cl)OC(=O)C(Cl)Cl. The Bertz CT molecular complexity index is 333. The van der Waals surface area contributed by atoms with Gasteiger partial charge in [-0.2, -0.15) is 0 Å². The summed E-state index contributed by atoms with van der Waals surface area (Å²) in [6, 6.07) is 0. The third-order valence-corrected chi connectivity index (χ3v) is 2.25. The maximum absolute atomic E-state index is 11.4. The predicted molar refractivity (Wildman–Crippen MR) is 68.5 cm³/mol. The van der Waals surface area contributed by atoms with Crippen LogP contribution in [0, 0.1) is 0 Å². The summed E-state index contributed by atoms with van der Waals surface area (Å²) in [6.07, 6.45) is -1.50. The number of rotatable bonds is 7. The fourth-order valence-electron chi connectivity index (χ4n) is 0.798. The van der Waals surface area contributed by atoms with Crippen LogP contribution >= 0.6 is 46.4 Å². The lowest BCUT2D eigenvalue weighted by molar-refractivity contribution is -0.173. The van der Waals surface area contributed by atoms with Gasteiger partial charge >= 0.3 is 17.9 Å². The summed E-state index contributed by atoms with van der Waals surface area (Å²) in [5, 5.41) is 0. The van der Waals surface area contributed by atoms with Gasteiger partial charge in [-0.15, -0.1) is 0 Å². The molecule has 0 amide bonds. The second kappa shape index (κ2) is 9.47. The minimum atomic E-state index is -1.50. The molecule has 0 aromatic rings. The van der Waals surface area contributed by atoms with E-state index in [2.05, 4.69) is 14.2 Å². The second-order valence-corrected chi connectivity index (χ2v) is 5.10. The molecule has 0 aliphatic rings. The van der Waals surface area contributed by atoms with E-state index in [1.807, 2.05) is 0 Å². The van der Waals surface area contributed by atoms with Crippen LogP contribution in [0.25, 0.3) is 0 Å². The van der Waals surface area contributed by atoms with Crippen molar-refractivity contribution >= 4 is 64.3 Å². The highest BCUT2D eigenvalue weighted by Gasteiger charge is 2.29. The van der Waals surface area contributed by atoms with Crippen LogP contribution in [-0.2, 0) is 28.6 Å². The highest BCUT2D eigenvalue weighted by molar-refractivity contribution is 6.53. The van der Waals surface area contributed by atoms with E-state index in [9.17, 15) is 14.4 Å². The van der Waals surface area contributed by atoms with Crippen LogP contribution < -0.4 is 0 Å². The zero-order chi connectivity index (χ0) is 15.0. The molecule has 10 heteroatoms. The third-order valence-electron chi connectivity index (χ3n) is 1.54. The van der Waals surface area contributed by atoms with Gasteiger partial charge in [0, 0.05) is 0 Å². The fraction of sp³-hybridized carbons (Fsp3) is 0.667. The second-order valence-electron chi connectivity index (χ2n) is 2.91. The first-order valence-electron chi connectivity index (χ1n) is 4.89. The standard InChI is InChI=1S/C9H10Cl4O6/c1-2-17-7(14)4(19-9(16)6(12)13)3-18-8(15)5(10)11/h4-6H,2-3H2,1H3/t4-/m0/s1. The van der Waals surface area contributed by atoms with E-state index in [1.54, 1.807) is 6.92 Å². The van der Waals surface area contributed by atoms with Crippen molar-refractivity contribution in [1.82, 2.24) is 0 Å². The van der Waals surface area contributed by atoms with E-state index in [-0.39, 0.29) is 6.61 Å². The van der Waals surface area contributed by atoms with Crippen LogP contribution in [0.3, 0.4) is 0 Å². The van der Waals surface area contributed by atoms with Gasteiger partial charge in [0.15, 0.2) is 0 Å². The predicted octanol–water partition coefficient (Wildman–Crippen LogP) is 1.61. The lowest BCUT2D eigenvalue weighted by atomic mass is 10.4. The van der Waals surface area contributed by atoms with Crippen molar-refractivity contribution in [2.24, 2.45) is 0 Å². The number of esters is 3. The summed E-state index contributed by atoms with van der Waals surface area (Å²) in [5.41, 5.74) is 0. The molecule has 110 valence electrons. The monoisotopic (exact) mass is 354 g/mol. The van der Waals surface area contributed by atoms with E-state index >= 15 is 0 Å². The molecule has 0 aromatic carbocycles. The fourth-order valence-corrected chi connectivity index (χ4v) is 1.03. The lowest BCUT2D eigenvalue weighted by Gasteiger charge is -2.16. The van der Waals surface area contributed by atoms with Gasteiger partial charge in [0.2, 0.25) is 15.8 Å². The maximum atomic E-state index is 11.4. The number of carbonyl (C=O) groups excluding carboxylic acids is 3. The largest absolute Gasteiger partial charge is 0.463 e. The van der Waals surface area contributed by atoms with E-state index < -0.39 is 40.3 Å². The summed E-state index contributed by atoms with van der Waals surface area (Å²) < 4.78 is 13.8. The molecule has 6 nitrogen and oxygen atoms in total. The van der Waals surface area contributed by atoms with Crippen LogP contribution in [0.2, 0.25) is 0 Å². The zero-order valence-corrected chi connectivity index (χ0v) is 12.6. The van der Waals surface area contributed by atoms with E-state index in [0.717, 1.165) is 0 Å². The van der Waals surface area contributed by atoms with Gasteiger partial charge in [-0.05, 0) is 6.92 Å². The molecule has 0 aromatic heterocycles. The van der Waals surface area contributed by atoms with Crippen molar-refractivity contribution in [2.75, 3.05) is 13.2 Å². The van der Waals surface area contributed by atoms with Crippen molar-refractivity contribution < 1.29 is 28.6 Å². The third kappa shape index (κ3) is 7.67. The minimum Gasteiger partial charge on any atom is -0.463 e. The molecule has 0 saturated carbocycles. The van der Waals surface area contributed by atoms with Gasteiger partial charge in [0.05, 0.1) is 6.61 Å².